The maximum Gasteiger partial charge on any atom is 0.312 e. The number of benzene rings is 3. The number of hydrogen-bond donors (Lipinski definition) is 1. The maximum atomic E-state index is 15.2. The minimum Gasteiger partial charge on any atom is -0.483 e. The number of aryl methyl sites for hydroxylation is 1. The van der Waals surface area contributed by atoms with E-state index in [9.17, 15) is 14.9 Å². The highest BCUT2D eigenvalue weighted by molar-refractivity contribution is 7.98. The minimum absolute atomic E-state index is 0.0424. The number of halogens is 2. The number of anilines is 1. The van der Waals surface area contributed by atoms with Crippen LogP contribution in [0.3, 0.4) is 0 Å². The smallest absolute Gasteiger partial charge is 0.312 e. The lowest BCUT2D eigenvalue weighted by Gasteiger charge is -2.39. The van der Waals surface area contributed by atoms with Crippen LogP contribution in [-0.4, -0.2) is 83.5 Å². The predicted octanol–water partition coefficient (Wildman–Crippen LogP) is 10.00. The number of amides is 1. The molecule has 15 heteroatoms. The molecule has 61 heavy (non-hydrogen) atoms. The molecular weight excluding hydrogens is 819 g/mol. The molecule has 1 N–H and O–H groups in total. The molecule has 0 atom stereocenters. The summed E-state index contributed by atoms with van der Waals surface area (Å²) in [4.78, 5) is 35.0. The molecule has 5 aliphatic rings. The number of nitrogens with zero attached hydrogens (tertiary/aromatic N) is 5. The number of piperazine rings is 1. The fourth-order valence-corrected chi connectivity index (χ4v) is 9.08. The number of nitrogens with one attached hydrogen (secondary N) is 1. The number of rotatable bonds is 13. The molecular formula is C46H50ClFN6O6S. The van der Waals surface area contributed by atoms with Gasteiger partial charge in [-0.25, -0.2) is 9.37 Å². The van der Waals surface area contributed by atoms with Crippen LogP contribution in [0.1, 0.15) is 61.9 Å². The third kappa shape index (κ3) is 10.2. The Labute approximate surface area is 364 Å². The van der Waals surface area contributed by atoms with Gasteiger partial charge in [0.2, 0.25) is 0 Å². The molecule has 1 aliphatic carbocycles. The molecule has 0 unspecified atom stereocenters. The van der Waals surface area contributed by atoms with Gasteiger partial charge in [0, 0.05) is 112 Å². The fourth-order valence-electron chi connectivity index (χ4n) is 8.32. The van der Waals surface area contributed by atoms with E-state index in [0.29, 0.717) is 22.0 Å². The Balaban J connectivity index is 0.981. The lowest BCUT2D eigenvalue weighted by molar-refractivity contribution is -0.386. The number of nitro groups is 1. The third-order valence-corrected chi connectivity index (χ3v) is 12.9. The van der Waals surface area contributed by atoms with Crippen LogP contribution in [0.2, 0.25) is 5.02 Å². The number of carbonyl (C=O) groups is 1. The number of nitro benzene ring substituents is 1. The Hall–Kier alpha value is -5.15. The van der Waals surface area contributed by atoms with Crippen LogP contribution in [-0.2, 0) is 11.8 Å². The van der Waals surface area contributed by atoms with Gasteiger partial charge < -0.3 is 23.7 Å². The van der Waals surface area contributed by atoms with Gasteiger partial charge in [0.15, 0.2) is 5.75 Å². The van der Waals surface area contributed by atoms with Crippen molar-refractivity contribution < 1.29 is 28.3 Å². The van der Waals surface area contributed by atoms with Crippen molar-refractivity contribution in [2.45, 2.75) is 56.5 Å². The topological polar surface area (TPSA) is 124 Å². The van der Waals surface area contributed by atoms with Crippen LogP contribution in [0.15, 0.2) is 95.7 Å². The van der Waals surface area contributed by atoms with Crippen molar-refractivity contribution in [1.29, 1.82) is 0 Å². The van der Waals surface area contributed by atoms with E-state index in [1.807, 2.05) is 54.2 Å². The molecule has 2 fully saturated rings. The van der Waals surface area contributed by atoms with E-state index in [2.05, 4.69) is 45.5 Å². The van der Waals surface area contributed by atoms with Crippen LogP contribution < -0.4 is 19.1 Å². The van der Waals surface area contributed by atoms with Crippen LogP contribution in [0, 0.1) is 15.5 Å². The quantitative estimate of drug-likeness (QED) is 0.0695. The van der Waals surface area contributed by atoms with Gasteiger partial charge in [-0.1, -0.05) is 43.2 Å². The standard InChI is InChI=1S/C46H50ClFN6O6S/c1-45(2)14-12-33(39(27-45)31-4-6-34(47)7-5-31)28-52-18-20-53(21-19-52)35-8-10-38(42(25-35)60-36-24-32-13-17-49-43(32)51(3)29-36)44(55)50-61-37-9-11-41(40(26-37)54(56)57)59-30-46(48)15-22-58-23-16-46/h4-11,13,17,24-26,29H,12,14-16,18-23,27-28,30H2,1-3H3,(H,50,55). The van der Waals surface area contributed by atoms with Gasteiger partial charge >= 0.3 is 5.69 Å². The zero-order valence-electron chi connectivity index (χ0n) is 34.6. The average Bonchev–Trinajstić information content (AvgIpc) is 3.73. The number of alkyl halides is 1. The highest BCUT2D eigenvalue weighted by Crippen LogP contribution is 2.44. The van der Waals surface area contributed by atoms with E-state index >= 15 is 4.39 Å². The Morgan fingerprint density at radius 1 is 0.984 bits per heavy atom. The highest BCUT2D eigenvalue weighted by atomic mass is 35.5. The number of pyridine rings is 1. The normalized spacial score (nSPS) is 18.0. The van der Waals surface area contributed by atoms with Crippen LogP contribution >= 0.6 is 23.5 Å². The number of allylic oxidation sites excluding steroid dienone is 1. The largest absolute Gasteiger partial charge is 0.483 e. The van der Waals surface area contributed by atoms with Crippen molar-refractivity contribution >= 4 is 46.4 Å². The van der Waals surface area contributed by atoms with Crippen LogP contribution in [0.4, 0.5) is 15.8 Å². The van der Waals surface area contributed by atoms with Gasteiger partial charge in [0.25, 0.3) is 5.91 Å². The molecule has 0 bridgehead atoms. The van der Waals surface area contributed by atoms with E-state index < -0.39 is 16.5 Å². The van der Waals surface area contributed by atoms with Gasteiger partial charge in [-0.15, -0.1) is 0 Å². The molecule has 0 aromatic heterocycles. The summed E-state index contributed by atoms with van der Waals surface area (Å²) < 4.78 is 37.2. The molecule has 0 spiro atoms. The fraction of sp³-hybridized carbons (Fsp3) is 0.391. The lowest BCUT2D eigenvalue weighted by atomic mass is 9.72. The van der Waals surface area contributed by atoms with Gasteiger partial charge in [0.1, 0.15) is 29.6 Å². The van der Waals surface area contributed by atoms with Crippen LogP contribution in [0.5, 0.6) is 17.2 Å². The number of fused-ring (bicyclic) bond motifs is 1. The molecule has 0 radical (unpaired) electrons. The van der Waals surface area contributed by atoms with E-state index in [1.165, 1.54) is 28.8 Å². The molecule has 8 rings (SSSR count). The Kier molecular flexibility index (Phi) is 12.6. The van der Waals surface area contributed by atoms with Gasteiger partial charge in [-0.05, 0) is 96.3 Å². The first-order chi connectivity index (χ1) is 29.3. The second-order valence-corrected chi connectivity index (χ2v) is 18.3. The Morgan fingerprint density at radius 2 is 1.75 bits per heavy atom. The Bertz CT molecular complexity index is 2390. The second-order valence-electron chi connectivity index (χ2n) is 17.0. The number of hydrogen-bond acceptors (Lipinski definition) is 10. The zero-order valence-corrected chi connectivity index (χ0v) is 36.2. The summed E-state index contributed by atoms with van der Waals surface area (Å²) in [6, 6.07) is 22.0. The van der Waals surface area contributed by atoms with Crippen LogP contribution in [0.25, 0.3) is 17.0 Å². The van der Waals surface area contributed by atoms with Crippen molar-refractivity contribution in [3.8, 4) is 28.6 Å². The molecule has 12 nitrogen and oxygen atoms in total. The molecule has 2 saturated heterocycles. The first-order valence-electron chi connectivity index (χ1n) is 20.6. The van der Waals surface area contributed by atoms with Crippen molar-refractivity contribution in [3.63, 3.8) is 0 Å². The average molecular weight is 869 g/mol. The van der Waals surface area contributed by atoms with E-state index in [-0.39, 0.29) is 49.5 Å². The maximum absolute atomic E-state index is 15.2. The molecule has 320 valence electrons. The highest BCUT2D eigenvalue weighted by Gasteiger charge is 2.34. The second kappa shape index (κ2) is 18.1. The summed E-state index contributed by atoms with van der Waals surface area (Å²) in [5.41, 5.74) is 4.62. The molecule has 0 saturated carbocycles. The number of carbonyl (C=O) groups excluding carboxylic acids is 1. The summed E-state index contributed by atoms with van der Waals surface area (Å²) in [5.74, 6) is 1.22. The molecule has 3 aromatic carbocycles. The van der Waals surface area contributed by atoms with Gasteiger partial charge in [-0.3, -0.25) is 24.5 Å². The first kappa shape index (κ1) is 42.5. The zero-order chi connectivity index (χ0) is 42.7. The monoisotopic (exact) mass is 868 g/mol. The van der Waals surface area contributed by atoms with Gasteiger partial charge in [0.05, 0.1) is 10.5 Å². The lowest BCUT2D eigenvalue weighted by Crippen LogP contribution is -2.47. The van der Waals surface area contributed by atoms with Crippen molar-refractivity contribution in [2.75, 3.05) is 57.4 Å². The SMILES string of the molecule is Cn1cc(Oc2cc(N3CCN(CC4=C(c5ccc(Cl)cc5)CC(C)(C)CC4)CC3)ccc2C(=O)NSc2ccc(OCC3(F)CCOCC3)c([N+](=O)[O-])c2)cc2ccnc1-2. The third-order valence-electron chi connectivity index (χ3n) is 11.9. The van der Waals surface area contributed by atoms with Crippen molar-refractivity contribution in [2.24, 2.45) is 12.5 Å². The van der Waals surface area contributed by atoms with Crippen molar-refractivity contribution in [3.05, 3.63) is 117 Å². The Morgan fingerprint density at radius 3 is 2.51 bits per heavy atom. The summed E-state index contributed by atoms with van der Waals surface area (Å²) in [7, 11) is 1.89. The number of aromatic nitrogens is 2. The first-order valence-corrected chi connectivity index (χ1v) is 21.8. The van der Waals surface area contributed by atoms with E-state index in [0.717, 1.165) is 86.0 Å². The summed E-state index contributed by atoms with van der Waals surface area (Å²) in [6.45, 7) is 9.22. The molecule has 4 aliphatic heterocycles. The number of ether oxygens (including phenoxy) is 3. The van der Waals surface area contributed by atoms with E-state index in [1.54, 1.807) is 18.3 Å². The summed E-state index contributed by atoms with van der Waals surface area (Å²) in [5, 5.41) is 12.8. The summed E-state index contributed by atoms with van der Waals surface area (Å²) >= 11 is 7.18. The predicted molar refractivity (Wildman–Crippen MR) is 237 cm³/mol. The molecule has 4 heterocycles. The van der Waals surface area contributed by atoms with E-state index in [4.69, 9.17) is 25.8 Å². The molecule has 3 aromatic rings. The van der Waals surface area contributed by atoms with Gasteiger partial charge in [-0.2, -0.15) is 0 Å². The molecule has 1 amide bonds. The van der Waals surface area contributed by atoms with Crippen molar-refractivity contribution in [1.82, 2.24) is 19.2 Å². The summed E-state index contributed by atoms with van der Waals surface area (Å²) in [6.07, 6.45) is 7.16. The minimum atomic E-state index is -1.62.